The highest BCUT2D eigenvalue weighted by Gasteiger charge is 2.19. The maximum atomic E-state index is 9.96. The Morgan fingerprint density at radius 1 is 1.11 bits per heavy atom. The number of aryl methyl sites for hydroxylation is 1. The van der Waals surface area contributed by atoms with Crippen LogP contribution in [0.15, 0.2) is 36.4 Å². The summed E-state index contributed by atoms with van der Waals surface area (Å²) in [5.41, 5.74) is 3.03. The molecule has 1 N–H and O–H groups in total. The van der Waals surface area contributed by atoms with Gasteiger partial charge in [-0.05, 0) is 42.7 Å². The van der Waals surface area contributed by atoms with Crippen LogP contribution in [0, 0.1) is 6.92 Å². The van der Waals surface area contributed by atoms with Gasteiger partial charge in [-0.3, -0.25) is 4.90 Å². The number of benzene rings is 2. The van der Waals surface area contributed by atoms with Crippen LogP contribution in [0.5, 0.6) is 11.5 Å². The van der Waals surface area contributed by atoms with E-state index in [1.807, 2.05) is 37.3 Å². The normalized spacial score (nSPS) is 15.4. The standard InChI is InChI=1S/C22H29ClN2O2/c1-16(2)18-15-21(26)17(3)14-22(18)27-13-12-24-8-10-25(11-9-24)20-7-5-4-6-19(20)23/h4-7,14-16,26H,8-13H2,1-3H3. The van der Waals surface area contributed by atoms with Crippen LogP contribution in [0.4, 0.5) is 5.69 Å². The Labute approximate surface area is 167 Å². The quantitative estimate of drug-likeness (QED) is 0.779. The average Bonchev–Trinajstić information content (AvgIpc) is 2.65. The molecular formula is C22H29ClN2O2. The van der Waals surface area contributed by atoms with Gasteiger partial charge in [0.2, 0.25) is 0 Å². The third kappa shape index (κ3) is 4.88. The number of anilines is 1. The van der Waals surface area contributed by atoms with Crippen LogP contribution in [-0.4, -0.2) is 49.3 Å². The summed E-state index contributed by atoms with van der Waals surface area (Å²) in [5, 5.41) is 10.8. The van der Waals surface area contributed by atoms with Crippen molar-refractivity contribution in [1.82, 2.24) is 4.90 Å². The monoisotopic (exact) mass is 388 g/mol. The van der Waals surface area contributed by atoms with E-state index in [0.717, 1.165) is 60.3 Å². The molecule has 1 heterocycles. The number of phenols is 1. The maximum absolute atomic E-state index is 9.96. The third-order valence-electron chi connectivity index (χ3n) is 5.18. The molecular weight excluding hydrogens is 360 g/mol. The molecule has 0 spiro atoms. The van der Waals surface area contributed by atoms with Crippen LogP contribution < -0.4 is 9.64 Å². The first kappa shape index (κ1) is 19.8. The minimum absolute atomic E-state index is 0.311. The Bertz CT molecular complexity index is 771. The number of nitrogens with zero attached hydrogens (tertiary/aromatic N) is 2. The van der Waals surface area contributed by atoms with Gasteiger partial charge >= 0.3 is 0 Å². The van der Waals surface area contributed by atoms with E-state index in [2.05, 4.69) is 29.7 Å². The minimum atomic E-state index is 0.311. The van der Waals surface area contributed by atoms with Crippen LogP contribution in [0.25, 0.3) is 0 Å². The van der Waals surface area contributed by atoms with Crippen LogP contribution >= 0.6 is 11.6 Å². The molecule has 2 aromatic carbocycles. The van der Waals surface area contributed by atoms with Gasteiger partial charge in [0.15, 0.2) is 0 Å². The van der Waals surface area contributed by atoms with Crippen molar-refractivity contribution in [3.8, 4) is 11.5 Å². The molecule has 0 bridgehead atoms. The summed E-state index contributed by atoms with van der Waals surface area (Å²) in [4.78, 5) is 4.77. The second kappa shape index (κ2) is 8.85. The number of para-hydroxylation sites is 1. The molecule has 1 aliphatic heterocycles. The number of piperazine rings is 1. The Hall–Kier alpha value is -1.91. The van der Waals surface area contributed by atoms with Crippen LogP contribution in [0.3, 0.4) is 0 Å². The Morgan fingerprint density at radius 2 is 1.81 bits per heavy atom. The van der Waals surface area contributed by atoms with Gasteiger partial charge in [0.25, 0.3) is 0 Å². The summed E-state index contributed by atoms with van der Waals surface area (Å²) in [5.74, 6) is 1.53. The van der Waals surface area contributed by atoms with E-state index in [1.54, 1.807) is 0 Å². The lowest BCUT2D eigenvalue weighted by atomic mass is 10.00. The Balaban J connectivity index is 1.51. The molecule has 0 amide bonds. The smallest absolute Gasteiger partial charge is 0.123 e. The van der Waals surface area contributed by atoms with E-state index >= 15 is 0 Å². The van der Waals surface area contributed by atoms with Gasteiger partial charge in [0, 0.05) is 38.3 Å². The first-order valence-electron chi connectivity index (χ1n) is 9.64. The summed E-state index contributed by atoms with van der Waals surface area (Å²) < 4.78 is 6.08. The Morgan fingerprint density at radius 3 is 2.48 bits per heavy atom. The number of phenolic OH excluding ortho intramolecular Hbond substituents is 1. The first-order chi connectivity index (χ1) is 13.0. The zero-order chi connectivity index (χ0) is 19.4. The predicted octanol–water partition coefficient (Wildman–Crippen LogP) is 4.68. The van der Waals surface area contributed by atoms with Crippen molar-refractivity contribution >= 4 is 17.3 Å². The second-order valence-electron chi connectivity index (χ2n) is 7.46. The van der Waals surface area contributed by atoms with Gasteiger partial charge in [-0.25, -0.2) is 0 Å². The molecule has 1 fully saturated rings. The highest BCUT2D eigenvalue weighted by atomic mass is 35.5. The van der Waals surface area contributed by atoms with Gasteiger partial charge in [0.05, 0.1) is 10.7 Å². The average molecular weight is 389 g/mol. The van der Waals surface area contributed by atoms with E-state index in [1.165, 1.54) is 0 Å². The van der Waals surface area contributed by atoms with E-state index in [9.17, 15) is 5.11 Å². The van der Waals surface area contributed by atoms with Gasteiger partial charge in [-0.1, -0.05) is 37.6 Å². The van der Waals surface area contributed by atoms with Crippen molar-refractivity contribution in [1.29, 1.82) is 0 Å². The topological polar surface area (TPSA) is 35.9 Å². The summed E-state index contributed by atoms with van der Waals surface area (Å²) in [7, 11) is 0. The molecule has 1 aliphatic rings. The molecule has 0 saturated carbocycles. The van der Waals surface area contributed by atoms with Crippen LogP contribution in [0.1, 0.15) is 30.9 Å². The summed E-state index contributed by atoms with van der Waals surface area (Å²) in [6, 6.07) is 11.8. The van der Waals surface area contributed by atoms with Crippen molar-refractivity contribution in [2.24, 2.45) is 0 Å². The zero-order valence-electron chi connectivity index (χ0n) is 16.4. The molecule has 146 valence electrons. The fourth-order valence-corrected chi connectivity index (χ4v) is 3.72. The largest absolute Gasteiger partial charge is 0.508 e. The van der Waals surface area contributed by atoms with Crippen molar-refractivity contribution < 1.29 is 9.84 Å². The number of halogens is 1. The highest BCUT2D eigenvalue weighted by molar-refractivity contribution is 6.33. The van der Waals surface area contributed by atoms with Gasteiger partial charge < -0.3 is 14.7 Å². The van der Waals surface area contributed by atoms with Crippen molar-refractivity contribution in [3.63, 3.8) is 0 Å². The van der Waals surface area contributed by atoms with E-state index in [-0.39, 0.29) is 0 Å². The number of hydrogen-bond acceptors (Lipinski definition) is 4. The molecule has 0 radical (unpaired) electrons. The van der Waals surface area contributed by atoms with Crippen molar-refractivity contribution in [3.05, 3.63) is 52.5 Å². The van der Waals surface area contributed by atoms with Crippen molar-refractivity contribution in [2.45, 2.75) is 26.7 Å². The molecule has 0 aromatic heterocycles. The molecule has 5 heteroatoms. The molecule has 0 aliphatic carbocycles. The van der Waals surface area contributed by atoms with E-state index in [0.29, 0.717) is 18.3 Å². The molecule has 27 heavy (non-hydrogen) atoms. The molecule has 3 rings (SSSR count). The summed E-state index contributed by atoms with van der Waals surface area (Å²) >= 11 is 6.32. The highest BCUT2D eigenvalue weighted by Crippen LogP contribution is 2.32. The number of rotatable bonds is 6. The molecule has 4 nitrogen and oxygen atoms in total. The SMILES string of the molecule is Cc1cc(OCCN2CCN(c3ccccc3Cl)CC2)c(C(C)C)cc1O. The van der Waals surface area contributed by atoms with Crippen LogP contribution in [-0.2, 0) is 0 Å². The second-order valence-corrected chi connectivity index (χ2v) is 7.87. The first-order valence-corrected chi connectivity index (χ1v) is 10.0. The molecule has 0 atom stereocenters. The number of ether oxygens (including phenoxy) is 1. The zero-order valence-corrected chi connectivity index (χ0v) is 17.2. The minimum Gasteiger partial charge on any atom is -0.508 e. The van der Waals surface area contributed by atoms with Gasteiger partial charge in [-0.2, -0.15) is 0 Å². The van der Waals surface area contributed by atoms with E-state index in [4.69, 9.17) is 16.3 Å². The van der Waals surface area contributed by atoms with Gasteiger partial charge in [-0.15, -0.1) is 0 Å². The summed E-state index contributed by atoms with van der Waals surface area (Å²) in [6.45, 7) is 11.6. The lowest BCUT2D eigenvalue weighted by Crippen LogP contribution is -2.47. The lowest BCUT2D eigenvalue weighted by molar-refractivity contribution is 0.199. The molecule has 1 saturated heterocycles. The fourth-order valence-electron chi connectivity index (χ4n) is 3.47. The number of hydrogen-bond donors (Lipinski definition) is 1. The van der Waals surface area contributed by atoms with Crippen molar-refractivity contribution in [2.75, 3.05) is 44.2 Å². The predicted molar refractivity (Wildman–Crippen MR) is 113 cm³/mol. The lowest BCUT2D eigenvalue weighted by Gasteiger charge is -2.36. The van der Waals surface area contributed by atoms with Gasteiger partial charge in [0.1, 0.15) is 18.1 Å². The maximum Gasteiger partial charge on any atom is 0.123 e. The Kier molecular flexibility index (Phi) is 6.51. The third-order valence-corrected chi connectivity index (χ3v) is 5.50. The van der Waals surface area contributed by atoms with E-state index < -0.39 is 0 Å². The molecule has 0 unspecified atom stereocenters. The van der Waals surface area contributed by atoms with Crippen LogP contribution in [0.2, 0.25) is 5.02 Å². The number of aromatic hydroxyl groups is 1. The molecule has 2 aromatic rings. The summed E-state index contributed by atoms with van der Waals surface area (Å²) in [6.07, 6.45) is 0. The fraction of sp³-hybridized carbons (Fsp3) is 0.455.